The fourth-order valence-corrected chi connectivity index (χ4v) is 1.96. The standard InChI is InChI=1S/C15H22ClFN2O/c1-3-4-5-8-18-15(20)11(2)19-10-12-6-7-14(17)13(16)9-12/h6-7,9,11,19H,3-5,8,10H2,1-2H3,(H,18,20). The Morgan fingerprint density at radius 3 is 2.80 bits per heavy atom. The van der Waals surface area contributed by atoms with Crippen LogP contribution in [0.2, 0.25) is 5.02 Å². The van der Waals surface area contributed by atoms with E-state index in [1.807, 2.05) is 0 Å². The van der Waals surface area contributed by atoms with Crippen molar-refractivity contribution >= 4 is 17.5 Å². The van der Waals surface area contributed by atoms with Crippen molar-refractivity contribution in [3.05, 3.63) is 34.6 Å². The first-order valence-corrected chi connectivity index (χ1v) is 7.37. The van der Waals surface area contributed by atoms with E-state index in [1.165, 1.54) is 6.07 Å². The fraction of sp³-hybridized carbons (Fsp3) is 0.533. The van der Waals surface area contributed by atoms with Gasteiger partial charge in [-0.2, -0.15) is 0 Å². The molecule has 0 aromatic heterocycles. The Hall–Kier alpha value is -1.13. The van der Waals surface area contributed by atoms with Gasteiger partial charge in [0.05, 0.1) is 11.1 Å². The van der Waals surface area contributed by atoms with Crippen molar-refractivity contribution in [2.24, 2.45) is 0 Å². The molecule has 0 heterocycles. The minimum absolute atomic E-state index is 0.0192. The molecule has 0 saturated carbocycles. The molecule has 0 bridgehead atoms. The van der Waals surface area contributed by atoms with E-state index in [-0.39, 0.29) is 17.0 Å². The number of carbonyl (C=O) groups excluding carboxylic acids is 1. The van der Waals surface area contributed by atoms with Gasteiger partial charge in [0, 0.05) is 13.1 Å². The number of benzene rings is 1. The summed E-state index contributed by atoms with van der Waals surface area (Å²) in [7, 11) is 0. The van der Waals surface area contributed by atoms with Crippen molar-refractivity contribution in [1.82, 2.24) is 10.6 Å². The Labute approximate surface area is 124 Å². The zero-order chi connectivity index (χ0) is 15.0. The third-order valence-electron chi connectivity index (χ3n) is 3.07. The summed E-state index contributed by atoms with van der Waals surface area (Å²) in [5.41, 5.74) is 0.849. The molecule has 1 atom stereocenters. The lowest BCUT2D eigenvalue weighted by molar-refractivity contribution is -0.122. The molecular formula is C15H22ClFN2O. The van der Waals surface area contributed by atoms with Crippen LogP contribution in [0.1, 0.15) is 38.7 Å². The molecule has 0 aliphatic heterocycles. The number of carbonyl (C=O) groups is 1. The summed E-state index contributed by atoms with van der Waals surface area (Å²) in [5.74, 6) is -0.452. The summed E-state index contributed by atoms with van der Waals surface area (Å²) >= 11 is 5.71. The monoisotopic (exact) mass is 300 g/mol. The second-order valence-corrected chi connectivity index (χ2v) is 5.26. The number of halogens is 2. The predicted octanol–water partition coefficient (Wildman–Crippen LogP) is 3.26. The van der Waals surface area contributed by atoms with Gasteiger partial charge in [-0.25, -0.2) is 4.39 Å². The van der Waals surface area contributed by atoms with Crippen LogP contribution in [0.4, 0.5) is 4.39 Å². The molecule has 0 radical (unpaired) electrons. The minimum Gasteiger partial charge on any atom is -0.355 e. The van der Waals surface area contributed by atoms with E-state index in [0.29, 0.717) is 13.1 Å². The first-order chi connectivity index (χ1) is 9.54. The van der Waals surface area contributed by atoms with E-state index in [2.05, 4.69) is 17.6 Å². The van der Waals surface area contributed by atoms with Gasteiger partial charge >= 0.3 is 0 Å². The zero-order valence-corrected chi connectivity index (χ0v) is 12.8. The van der Waals surface area contributed by atoms with E-state index in [4.69, 9.17) is 11.6 Å². The number of unbranched alkanes of at least 4 members (excludes halogenated alkanes) is 2. The highest BCUT2D eigenvalue weighted by Gasteiger charge is 2.11. The van der Waals surface area contributed by atoms with Crippen molar-refractivity contribution in [3.8, 4) is 0 Å². The van der Waals surface area contributed by atoms with Crippen LogP contribution in [-0.4, -0.2) is 18.5 Å². The van der Waals surface area contributed by atoms with Crippen molar-refractivity contribution in [2.75, 3.05) is 6.54 Å². The Morgan fingerprint density at radius 1 is 1.40 bits per heavy atom. The van der Waals surface area contributed by atoms with Crippen molar-refractivity contribution in [2.45, 2.75) is 45.7 Å². The van der Waals surface area contributed by atoms with Gasteiger partial charge in [0.1, 0.15) is 5.82 Å². The molecule has 0 aliphatic rings. The number of nitrogens with one attached hydrogen (secondary N) is 2. The molecule has 3 nitrogen and oxygen atoms in total. The van der Waals surface area contributed by atoms with E-state index < -0.39 is 5.82 Å². The average molecular weight is 301 g/mol. The van der Waals surface area contributed by atoms with Crippen LogP contribution in [0.25, 0.3) is 0 Å². The lowest BCUT2D eigenvalue weighted by atomic mass is 10.2. The normalized spacial score (nSPS) is 12.2. The van der Waals surface area contributed by atoms with Crippen molar-refractivity contribution in [3.63, 3.8) is 0 Å². The summed E-state index contributed by atoms with van der Waals surface area (Å²) in [4.78, 5) is 11.8. The van der Waals surface area contributed by atoms with Gasteiger partial charge in [-0.15, -0.1) is 0 Å². The van der Waals surface area contributed by atoms with E-state index in [1.54, 1.807) is 19.1 Å². The van der Waals surface area contributed by atoms with Crippen molar-refractivity contribution < 1.29 is 9.18 Å². The van der Waals surface area contributed by atoms with Crippen LogP contribution in [0.5, 0.6) is 0 Å². The Balaban J connectivity index is 2.32. The summed E-state index contributed by atoms with van der Waals surface area (Å²) in [6, 6.07) is 4.26. The van der Waals surface area contributed by atoms with Crippen LogP contribution >= 0.6 is 11.6 Å². The molecule has 1 aromatic rings. The number of hydrogen-bond donors (Lipinski definition) is 2. The summed E-state index contributed by atoms with van der Waals surface area (Å²) in [5, 5.41) is 6.08. The highest BCUT2D eigenvalue weighted by molar-refractivity contribution is 6.30. The molecular weight excluding hydrogens is 279 g/mol. The molecule has 0 fully saturated rings. The highest BCUT2D eigenvalue weighted by Crippen LogP contribution is 2.15. The molecule has 1 amide bonds. The molecule has 0 spiro atoms. The maximum absolute atomic E-state index is 13.0. The van der Waals surface area contributed by atoms with Crippen LogP contribution in [0.15, 0.2) is 18.2 Å². The largest absolute Gasteiger partial charge is 0.355 e. The van der Waals surface area contributed by atoms with E-state index in [9.17, 15) is 9.18 Å². The summed E-state index contributed by atoms with van der Waals surface area (Å²) < 4.78 is 13.0. The third-order valence-corrected chi connectivity index (χ3v) is 3.36. The number of rotatable bonds is 8. The topological polar surface area (TPSA) is 41.1 Å². The minimum atomic E-state index is -0.433. The maximum Gasteiger partial charge on any atom is 0.236 e. The number of hydrogen-bond acceptors (Lipinski definition) is 2. The van der Waals surface area contributed by atoms with Crippen LogP contribution < -0.4 is 10.6 Å². The SMILES string of the molecule is CCCCCNC(=O)C(C)NCc1ccc(F)c(Cl)c1. The van der Waals surface area contributed by atoms with Crippen LogP contribution in [0, 0.1) is 5.82 Å². The van der Waals surface area contributed by atoms with E-state index >= 15 is 0 Å². The second-order valence-electron chi connectivity index (χ2n) is 4.85. The molecule has 1 aromatic carbocycles. The summed E-state index contributed by atoms with van der Waals surface area (Å²) in [6.45, 7) is 5.12. The van der Waals surface area contributed by atoms with Gasteiger partial charge in [-0.05, 0) is 31.0 Å². The van der Waals surface area contributed by atoms with Crippen LogP contribution in [0.3, 0.4) is 0 Å². The smallest absolute Gasteiger partial charge is 0.236 e. The van der Waals surface area contributed by atoms with Gasteiger partial charge in [0.25, 0.3) is 0 Å². The van der Waals surface area contributed by atoms with Crippen molar-refractivity contribution in [1.29, 1.82) is 0 Å². The lowest BCUT2D eigenvalue weighted by Crippen LogP contribution is -2.42. The first kappa shape index (κ1) is 16.9. The zero-order valence-electron chi connectivity index (χ0n) is 12.0. The Kier molecular flexibility index (Phi) is 7.55. The average Bonchev–Trinajstić information content (AvgIpc) is 2.44. The fourth-order valence-electron chi connectivity index (χ4n) is 1.75. The predicted molar refractivity (Wildman–Crippen MR) is 80.2 cm³/mol. The van der Waals surface area contributed by atoms with E-state index in [0.717, 1.165) is 24.8 Å². The molecule has 112 valence electrons. The van der Waals surface area contributed by atoms with Gasteiger partial charge in [-0.3, -0.25) is 4.79 Å². The first-order valence-electron chi connectivity index (χ1n) is 6.99. The molecule has 2 N–H and O–H groups in total. The molecule has 0 aliphatic carbocycles. The molecule has 1 rings (SSSR count). The van der Waals surface area contributed by atoms with Gasteiger partial charge in [-0.1, -0.05) is 37.4 Å². The highest BCUT2D eigenvalue weighted by atomic mass is 35.5. The lowest BCUT2D eigenvalue weighted by Gasteiger charge is -2.14. The Bertz CT molecular complexity index is 440. The maximum atomic E-state index is 13.0. The van der Waals surface area contributed by atoms with Crippen LogP contribution in [-0.2, 0) is 11.3 Å². The molecule has 0 saturated heterocycles. The quantitative estimate of drug-likeness (QED) is 0.724. The third kappa shape index (κ3) is 5.88. The van der Waals surface area contributed by atoms with Gasteiger partial charge in [0.15, 0.2) is 0 Å². The second kappa shape index (κ2) is 8.93. The molecule has 1 unspecified atom stereocenters. The molecule has 5 heteroatoms. The van der Waals surface area contributed by atoms with Gasteiger partial charge in [0.2, 0.25) is 5.91 Å². The van der Waals surface area contributed by atoms with Gasteiger partial charge < -0.3 is 10.6 Å². The summed E-state index contributed by atoms with van der Waals surface area (Å²) in [6.07, 6.45) is 3.26. The number of amides is 1. The molecule has 20 heavy (non-hydrogen) atoms. The Morgan fingerprint density at radius 2 is 2.15 bits per heavy atom.